The normalized spacial score (nSPS) is 13.3. The third-order valence-corrected chi connectivity index (χ3v) is 9.55. The largest absolute Gasteiger partial charge is 0.481 e. The van der Waals surface area contributed by atoms with Crippen molar-refractivity contribution in [3.05, 3.63) is 91.1 Å². The molecule has 3 N–H and O–H groups in total. The Morgan fingerprint density at radius 1 is 0.962 bits per heavy atom. The minimum atomic E-state index is -4.88. The summed E-state index contributed by atoms with van der Waals surface area (Å²) < 4.78 is 58.2. The van der Waals surface area contributed by atoms with Crippen LogP contribution in [0.25, 0.3) is 11.1 Å². The zero-order valence-corrected chi connectivity index (χ0v) is 31.6. The number of amides is 2. The molecule has 52 heavy (non-hydrogen) atoms. The van der Waals surface area contributed by atoms with Crippen LogP contribution < -0.4 is 16.2 Å². The molecule has 0 spiro atoms. The van der Waals surface area contributed by atoms with Crippen LogP contribution in [0.3, 0.4) is 0 Å². The number of hydrogen-bond donors (Lipinski definition) is 3. The molecule has 284 valence electrons. The number of nitrogens with zero attached hydrogens (tertiary/aromatic N) is 2. The van der Waals surface area contributed by atoms with Crippen molar-refractivity contribution in [2.24, 2.45) is 5.92 Å². The molecule has 0 saturated carbocycles. The summed E-state index contributed by atoms with van der Waals surface area (Å²) in [7, 11) is 3.51. The van der Waals surface area contributed by atoms with E-state index in [1.165, 1.54) is 13.0 Å². The van der Waals surface area contributed by atoms with Gasteiger partial charge in [0, 0.05) is 22.7 Å². The maximum atomic E-state index is 15.8. The van der Waals surface area contributed by atoms with E-state index in [0.29, 0.717) is 21.2 Å². The quantitative estimate of drug-likeness (QED) is 0.147. The summed E-state index contributed by atoms with van der Waals surface area (Å²) in [6.07, 6.45) is -5.44. The third-order valence-electron chi connectivity index (χ3n) is 9.34. The molecule has 0 bridgehead atoms. The van der Waals surface area contributed by atoms with Gasteiger partial charge in [-0.25, -0.2) is 4.39 Å². The van der Waals surface area contributed by atoms with Gasteiger partial charge in [-0.1, -0.05) is 25.4 Å². The number of halogens is 5. The second kappa shape index (κ2) is 16.6. The summed E-state index contributed by atoms with van der Waals surface area (Å²) in [6.45, 7) is 11.9. The van der Waals surface area contributed by atoms with Gasteiger partial charge in [0.2, 0.25) is 5.91 Å². The van der Waals surface area contributed by atoms with Crippen molar-refractivity contribution in [1.82, 2.24) is 20.1 Å². The van der Waals surface area contributed by atoms with Gasteiger partial charge in [-0.15, -0.1) is 0 Å². The van der Waals surface area contributed by atoms with Crippen LogP contribution in [0.4, 0.5) is 17.6 Å². The monoisotopic (exact) mass is 750 g/mol. The zero-order chi connectivity index (χ0) is 39.5. The SMILES string of the molecule is Cc1cc(-c2c(C)cc(Cl)cc2C)cc([C@H](CC(=O)O)NC(=O)[C@H](CC(C)C)NC(=O)c2ccc(C(F)(F)F)n(CCC(C)(C)N(C)C)c2=O)c1F. The molecule has 0 aliphatic rings. The minimum Gasteiger partial charge on any atom is -0.481 e. The van der Waals surface area contributed by atoms with Crippen LogP contribution in [-0.4, -0.2) is 58.0 Å². The zero-order valence-electron chi connectivity index (χ0n) is 30.9. The van der Waals surface area contributed by atoms with E-state index >= 15 is 4.39 Å². The Balaban J connectivity index is 2.03. The highest BCUT2D eigenvalue weighted by Crippen LogP contribution is 2.35. The molecule has 9 nitrogen and oxygen atoms in total. The molecule has 2 amide bonds. The van der Waals surface area contributed by atoms with E-state index in [1.54, 1.807) is 64.9 Å². The first-order valence-electron chi connectivity index (χ1n) is 16.8. The van der Waals surface area contributed by atoms with Gasteiger partial charge in [0.1, 0.15) is 23.1 Å². The molecule has 0 unspecified atom stereocenters. The van der Waals surface area contributed by atoms with Crippen LogP contribution >= 0.6 is 11.6 Å². The maximum Gasteiger partial charge on any atom is 0.431 e. The van der Waals surface area contributed by atoms with Gasteiger partial charge < -0.3 is 25.2 Å². The van der Waals surface area contributed by atoms with Gasteiger partial charge in [0.25, 0.3) is 11.5 Å². The Hall–Kier alpha value is -4.23. The summed E-state index contributed by atoms with van der Waals surface area (Å²) in [5, 5.41) is 15.3. The second-order valence-electron chi connectivity index (χ2n) is 14.5. The number of carboxylic acid groups (broad SMARTS) is 1. The molecule has 3 aromatic rings. The van der Waals surface area contributed by atoms with Gasteiger partial charge in [-0.2, -0.15) is 13.2 Å². The van der Waals surface area contributed by atoms with Crippen LogP contribution in [0, 0.1) is 32.5 Å². The first kappa shape index (κ1) is 42.2. The maximum absolute atomic E-state index is 15.8. The van der Waals surface area contributed by atoms with Crippen molar-refractivity contribution in [3.8, 4) is 11.1 Å². The van der Waals surface area contributed by atoms with Crippen molar-refractivity contribution in [2.75, 3.05) is 14.1 Å². The van der Waals surface area contributed by atoms with Crippen molar-refractivity contribution < 1.29 is 37.1 Å². The van der Waals surface area contributed by atoms with Crippen LogP contribution in [0.2, 0.25) is 5.02 Å². The summed E-state index contributed by atoms with van der Waals surface area (Å²) in [5.74, 6) is -4.24. The van der Waals surface area contributed by atoms with E-state index < -0.39 is 70.6 Å². The van der Waals surface area contributed by atoms with Gasteiger partial charge in [-0.3, -0.25) is 19.2 Å². The Morgan fingerprint density at radius 3 is 2.08 bits per heavy atom. The van der Waals surface area contributed by atoms with Crippen LogP contribution in [0.1, 0.15) is 91.3 Å². The lowest BCUT2D eigenvalue weighted by molar-refractivity contribution is -0.144. The molecular weight excluding hydrogens is 704 g/mol. The highest BCUT2D eigenvalue weighted by molar-refractivity contribution is 6.30. The molecule has 0 fully saturated rings. The number of aryl methyl sites for hydroxylation is 3. The average molecular weight is 751 g/mol. The number of carboxylic acids is 1. The predicted molar refractivity (Wildman–Crippen MR) is 193 cm³/mol. The molecule has 2 atom stereocenters. The van der Waals surface area contributed by atoms with E-state index in [-0.39, 0.29) is 36.4 Å². The Kier molecular flexibility index (Phi) is 13.5. The number of hydrogen-bond acceptors (Lipinski definition) is 5. The fourth-order valence-electron chi connectivity index (χ4n) is 6.02. The van der Waals surface area contributed by atoms with Gasteiger partial charge in [0.15, 0.2) is 0 Å². The average Bonchev–Trinajstić information content (AvgIpc) is 2.99. The van der Waals surface area contributed by atoms with Crippen LogP contribution in [0.5, 0.6) is 0 Å². The molecule has 1 aromatic heterocycles. The lowest BCUT2D eigenvalue weighted by Gasteiger charge is -2.33. The predicted octanol–water partition coefficient (Wildman–Crippen LogP) is 7.46. The highest BCUT2D eigenvalue weighted by atomic mass is 35.5. The van der Waals surface area contributed by atoms with Crippen molar-refractivity contribution in [3.63, 3.8) is 0 Å². The van der Waals surface area contributed by atoms with Crippen molar-refractivity contribution in [2.45, 2.75) is 98.1 Å². The van der Waals surface area contributed by atoms with Crippen molar-refractivity contribution >= 4 is 29.4 Å². The highest BCUT2D eigenvalue weighted by Gasteiger charge is 2.36. The van der Waals surface area contributed by atoms with E-state index in [2.05, 4.69) is 10.6 Å². The number of aromatic nitrogens is 1. The molecule has 0 radical (unpaired) electrons. The van der Waals surface area contributed by atoms with Crippen molar-refractivity contribution in [1.29, 1.82) is 0 Å². The molecular formula is C38H47ClF4N4O5. The lowest BCUT2D eigenvalue weighted by atomic mass is 9.90. The first-order valence-corrected chi connectivity index (χ1v) is 17.2. The number of rotatable bonds is 14. The van der Waals surface area contributed by atoms with E-state index in [4.69, 9.17) is 11.6 Å². The second-order valence-corrected chi connectivity index (χ2v) is 14.9. The minimum absolute atomic E-state index is 0.00786. The van der Waals surface area contributed by atoms with Gasteiger partial charge in [0.05, 0.1) is 12.5 Å². The summed E-state index contributed by atoms with van der Waals surface area (Å²) in [6, 6.07) is 5.25. The van der Waals surface area contributed by atoms with E-state index in [9.17, 15) is 37.5 Å². The van der Waals surface area contributed by atoms with E-state index in [0.717, 1.165) is 22.8 Å². The Bertz CT molecular complexity index is 1860. The molecule has 2 aromatic carbocycles. The van der Waals surface area contributed by atoms with Gasteiger partial charge in [-0.05, 0) is 132 Å². The molecule has 1 heterocycles. The fourth-order valence-corrected chi connectivity index (χ4v) is 6.34. The standard InChI is InChI=1S/C38H47ClF4N4O5/c1-20(2)14-29(45-34(50)26-10-11-30(38(41,42)43)47(36(26)52)13-12-37(6,7)46(8)9)35(51)44-28(19-31(48)49)27-18-24(15-23(5)33(27)40)32-21(3)16-25(39)17-22(32)4/h10-11,15-18,20,28-29H,12-14,19H2,1-9H3,(H,44,51)(H,45,50)(H,48,49)/t28-,29-/m0/s1. The first-order chi connectivity index (χ1) is 23.9. The fraction of sp³-hybridized carbons (Fsp3) is 0.474. The summed E-state index contributed by atoms with van der Waals surface area (Å²) in [4.78, 5) is 54.7. The smallest absolute Gasteiger partial charge is 0.431 e. The number of pyridine rings is 1. The number of carbonyl (C=O) groups excluding carboxylic acids is 2. The van der Waals surface area contributed by atoms with Gasteiger partial charge >= 0.3 is 12.1 Å². The lowest BCUT2D eigenvalue weighted by Crippen LogP contribution is -2.50. The molecule has 0 aliphatic heterocycles. The molecule has 0 saturated heterocycles. The third kappa shape index (κ3) is 10.2. The van der Waals surface area contributed by atoms with Crippen LogP contribution in [-0.2, 0) is 22.3 Å². The Labute approximate surface area is 306 Å². The Morgan fingerprint density at radius 2 is 1.56 bits per heavy atom. The summed E-state index contributed by atoms with van der Waals surface area (Å²) >= 11 is 6.22. The number of aliphatic carboxylic acids is 1. The molecule has 3 rings (SSSR count). The number of nitrogens with one attached hydrogen (secondary N) is 2. The van der Waals surface area contributed by atoms with Crippen LogP contribution in [0.15, 0.2) is 41.2 Å². The summed E-state index contributed by atoms with van der Waals surface area (Å²) in [5.41, 5.74) is -0.577. The topological polar surface area (TPSA) is 121 Å². The molecule has 0 aliphatic carbocycles. The number of carbonyl (C=O) groups is 3. The molecule has 14 heteroatoms. The number of alkyl halides is 3. The number of benzene rings is 2. The van der Waals surface area contributed by atoms with E-state index in [1.807, 2.05) is 13.8 Å².